The van der Waals surface area contributed by atoms with Crippen LogP contribution in [0.2, 0.25) is 0 Å². The fourth-order valence-electron chi connectivity index (χ4n) is 4.45. The van der Waals surface area contributed by atoms with E-state index in [1.54, 1.807) is 0 Å². The van der Waals surface area contributed by atoms with E-state index in [0.29, 0.717) is 11.2 Å². The highest BCUT2D eigenvalue weighted by molar-refractivity contribution is 6.06. The smallest absolute Gasteiger partial charge is 0.408 e. The number of hydrogen-bond acceptors (Lipinski definition) is 9. The quantitative estimate of drug-likeness (QED) is 0.154. The number of carbonyl (C=O) groups is 6. The average molecular weight is 615 g/mol. The maximum absolute atomic E-state index is 12.7. The number of aliphatic hydroxyl groups is 1. The molecule has 0 saturated heterocycles. The van der Waals surface area contributed by atoms with Crippen LogP contribution < -0.4 is 0 Å². The van der Waals surface area contributed by atoms with Gasteiger partial charge in [-0.05, 0) is 18.6 Å². The van der Waals surface area contributed by atoms with Gasteiger partial charge in [-0.3, -0.25) is 29.0 Å². The minimum atomic E-state index is -1.63. The third-order valence-electron chi connectivity index (χ3n) is 6.21. The highest BCUT2D eigenvalue weighted by Gasteiger charge is 2.34. The second kappa shape index (κ2) is 15.6. The van der Waals surface area contributed by atoms with Crippen LogP contribution in [0.3, 0.4) is 0 Å². The number of ether oxygens (including phenoxy) is 1. The van der Waals surface area contributed by atoms with Crippen molar-refractivity contribution in [2.75, 3.05) is 39.3 Å². The highest BCUT2D eigenvalue weighted by Crippen LogP contribution is 2.44. The zero-order chi connectivity index (χ0) is 33.1. The molecule has 44 heavy (non-hydrogen) atoms. The highest BCUT2D eigenvalue weighted by atomic mass is 16.5. The molecule has 234 valence electrons. The number of allylic oxidation sites excluding steroid dienone is 3. The Morgan fingerprint density at radius 2 is 1.45 bits per heavy atom. The molecule has 1 aliphatic heterocycles. The normalized spacial score (nSPS) is 16.2. The molecule has 0 saturated carbocycles. The second-order valence-electron chi connectivity index (χ2n) is 9.18. The number of rotatable bonds is 15. The van der Waals surface area contributed by atoms with Crippen molar-refractivity contribution in [1.29, 1.82) is 0 Å². The van der Waals surface area contributed by atoms with E-state index >= 15 is 0 Å². The molecule has 1 aliphatic rings. The minimum absolute atomic E-state index is 0.0164. The number of aromatic carboxylic acids is 1. The number of aliphatic carboxylic acids is 3. The van der Waals surface area contributed by atoms with Crippen molar-refractivity contribution in [2.45, 2.75) is 6.92 Å². The summed E-state index contributed by atoms with van der Waals surface area (Å²) in [7, 11) is 0. The fraction of sp³-hybridized carbons (Fsp3) is 0.241. The first-order valence-electron chi connectivity index (χ1n) is 12.7. The van der Waals surface area contributed by atoms with Gasteiger partial charge < -0.3 is 35.4 Å². The number of amides is 1. The third kappa shape index (κ3) is 8.50. The van der Waals surface area contributed by atoms with Gasteiger partial charge in [0, 0.05) is 28.8 Å². The van der Waals surface area contributed by atoms with Crippen molar-refractivity contribution >= 4 is 41.8 Å². The molecule has 0 radical (unpaired) electrons. The predicted octanol–water partition coefficient (Wildman–Crippen LogP) is 1.54. The molecule has 1 amide bonds. The third-order valence-corrected chi connectivity index (χ3v) is 6.21. The lowest BCUT2D eigenvalue weighted by molar-refractivity contribution is -0.142. The van der Waals surface area contributed by atoms with E-state index in [0.717, 1.165) is 11.0 Å². The molecule has 0 spiro atoms. The Morgan fingerprint density at radius 3 is 1.91 bits per heavy atom. The van der Waals surface area contributed by atoms with Gasteiger partial charge in [-0.25, -0.2) is 9.59 Å². The van der Waals surface area contributed by atoms with Crippen LogP contribution in [0.25, 0.3) is 5.57 Å². The summed E-state index contributed by atoms with van der Waals surface area (Å²) in [5, 5.41) is 57.7. The summed E-state index contributed by atoms with van der Waals surface area (Å²) in [5.41, 5.74) is -0.632. The Morgan fingerprint density at radius 1 is 0.864 bits per heavy atom. The molecule has 0 fully saturated rings. The summed E-state index contributed by atoms with van der Waals surface area (Å²) < 4.78 is 6.08. The molecule has 1 aromatic rings. The van der Waals surface area contributed by atoms with Crippen molar-refractivity contribution < 1.29 is 64.1 Å². The fourth-order valence-corrected chi connectivity index (χ4v) is 4.45. The maximum atomic E-state index is 12.7. The molecule has 15 heteroatoms. The van der Waals surface area contributed by atoms with Gasteiger partial charge in [-0.2, -0.15) is 0 Å². The number of benzene rings is 1. The Kier molecular flexibility index (Phi) is 12.3. The first-order chi connectivity index (χ1) is 20.8. The van der Waals surface area contributed by atoms with Gasteiger partial charge in [0.1, 0.15) is 18.1 Å². The van der Waals surface area contributed by atoms with Crippen LogP contribution in [0, 0.1) is 0 Å². The number of carbonyl (C=O) groups excluding carboxylic acids is 1. The van der Waals surface area contributed by atoms with Crippen LogP contribution in [0.5, 0.6) is 0 Å². The van der Waals surface area contributed by atoms with Crippen molar-refractivity contribution in [3.8, 4) is 0 Å². The summed E-state index contributed by atoms with van der Waals surface area (Å²) in [6.07, 6.45) is 1.24. The lowest BCUT2D eigenvalue weighted by Crippen LogP contribution is -2.37. The van der Waals surface area contributed by atoms with Gasteiger partial charge in [0.05, 0.1) is 37.4 Å². The van der Waals surface area contributed by atoms with Crippen molar-refractivity contribution in [1.82, 2.24) is 9.80 Å². The van der Waals surface area contributed by atoms with E-state index in [-0.39, 0.29) is 50.5 Å². The number of hydrogen-bond donors (Lipinski definition) is 6. The van der Waals surface area contributed by atoms with Gasteiger partial charge in [0.15, 0.2) is 6.29 Å². The number of aldehydes is 1. The van der Waals surface area contributed by atoms with E-state index in [9.17, 15) is 59.4 Å². The number of aliphatic hydroxyl groups excluding tert-OH is 1. The largest absolute Gasteiger partial charge is 0.480 e. The van der Waals surface area contributed by atoms with Crippen LogP contribution in [0.15, 0.2) is 76.8 Å². The first kappa shape index (κ1) is 34.7. The van der Waals surface area contributed by atoms with Gasteiger partial charge in [0.2, 0.25) is 0 Å². The average Bonchev–Trinajstić information content (AvgIpc) is 2.95. The first-order valence-corrected chi connectivity index (χ1v) is 12.7. The molecule has 0 atom stereocenters. The topological polar surface area (TPSA) is 240 Å². The van der Waals surface area contributed by atoms with Crippen molar-refractivity contribution in [3.05, 3.63) is 87.9 Å². The zero-order valence-electron chi connectivity index (χ0n) is 23.4. The van der Waals surface area contributed by atoms with Gasteiger partial charge in [-0.15, -0.1) is 0 Å². The zero-order valence-corrected chi connectivity index (χ0v) is 23.4. The molecule has 2 rings (SSSR count). The standard InChI is InChI=1S/C29H30N2O13/c1-3-16(10-31(29(42)43)13-24(38)39)26-21(15-33)25(19-7-5-6-8-20(19)28(40)41)18(4-2)27(44-26)17(14-32)9-30(11-22(34)35)12-23(36)37/h3-8,15,32H,1,9-14H2,2H3,(H,34,35)(H,36,37)(H,38,39)(H,40,41)(H,42,43)/b18-4-,26-16-,27-17+. The maximum Gasteiger partial charge on any atom is 0.408 e. The van der Waals surface area contributed by atoms with Crippen LogP contribution in [-0.2, 0) is 23.9 Å². The number of nitrogens with zero attached hydrogens (tertiary/aromatic N) is 2. The molecule has 0 unspecified atom stereocenters. The molecule has 0 aromatic heterocycles. The van der Waals surface area contributed by atoms with Gasteiger partial charge in [0.25, 0.3) is 0 Å². The Hall–Kier alpha value is -5.54. The van der Waals surface area contributed by atoms with Crippen LogP contribution in [0.4, 0.5) is 4.79 Å². The van der Waals surface area contributed by atoms with E-state index in [1.807, 2.05) is 0 Å². The molecular formula is C29H30N2O13. The molecule has 0 bridgehead atoms. The number of carboxylic acid groups (broad SMARTS) is 5. The number of carboxylic acids is 4. The molecule has 1 heterocycles. The lowest BCUT2D eigenvalue weighted by atomic mass is 9.84. The summed E-state index contributed by atoms with van der Waals surface area (Å²) >= 11 is 0. The minimum Gasteiger partial charge on any atom is -0.480 e. The van der Waals surface area contributed by atoms with Crippen LogP contribution >= 0.6 is 0 Å². The van der Waals surface area contributed by atoms with E-state index in [2.05, 4.69) is 6.58 Å². The molecule has 6 N–H and O–H groups in total. The lowest BCUT2D eigenvalue weighted by Gasteiger charge is -2.31. The summed E-state index contributed by atoms with van der Waals surface area (Å²) in [6, 6.07) is 5.60. The van der Waals surface area contributed by atoms with Crippen molar-refractivity contribution in [3.63, 3.8) is 0 Å². The summed E-state index contributed by atoms with van der Waals surface area (Å²) in [4.78, 5) is 72.3. The SMILES string of the molecule is C=C/C(CN(CC(=O)O)C(=O)O)=C1/OC(=C(/CO)CN(CC(=O)O)CC(=O)O)/C(=C\C)C(c2ccccc2C(=O)O)=C1C=O. The summed E-state index contributed by atoms with van der Waals surface area (Å²) in [6.45, 7) is 0.743. The monoisotopic (exact) mass is 614 g/mol. The van der Waals surface area contributed by atoms with E-state index in [1.165, 1.54) is 37.3 Å². The molecule has 1 aromatic carbocycles. The van der Waals surface area contributed by atoms with Gasteiger partial charge >= 0.3 is 30.0 Å². The van der Waals surface area contributed by atoms with E-state index < -0.39 is 69.3 Å². The predicted molar refractivity (Wildman–Crippen MR) is 152 cm³/mol. The van der Waals surface area contributed by atoms with Crippen molar-refractivity contribution in [2.24, 2.45) is 0 Å². The van der Waals surface area contributed by atoms with Crippen LogP contribution in [0.1, 0.15) is 22.8 Å². The summed E-state index contributed by atoms with van der Waals surface area (Å²) in [5.74, 6) is -6.14. The Balaban J connectivity index is 3.05. The molecular weight excluding hydrogens is 584 g/mol. The van der Waals surface area contributed by atoms with Gasteiger partial charge in [-0.1, -0.05) is 36.9 Å². The molecule has 15 nitrogen and oxygen atoms in total. The second-order valence-corrected chi connectivity index (χ2v) is 9.18. The molecule has 0 aliphatic carbocycles. The van der Waals surface area contributed by atoms with E-state index in [4.69, 9.17) is 4.74 Å². The Bertz CT molecular complexity index is 1480. The Labute approximate surface area is 250 Å². The van der Waals surface area contributed by atoms with Crippen LogP contribution in [-0.4, -0.2) is 116 Å².